The molecule has 2 aromatic rings. The second-order valence-electron chi connectivity index (χ2n) is 6.19. The zero-order chi connectivity index (χ0) is 20.3. The molecule has 0 saturated carbocycles. The Bertz CT molecular complexity index is 885. The van der Waals surface area contributed by atoms with Crippen LogP contribution < -0.4 is 15.4 Å². The Morgan fingerprint density at radius 2 is 1.93 bits per heavy atom. The molecule has 1 atom stereocenters. The molecule has 1 aliphatic heterocycles. The van der Waals surface area contributed by atoms with Crippen molar-refractivity contribution in [2.75, 3.05) is 11.9 Å². The monoisotopic (exact) mass is 410 g/mol. The minimum absolute atomic E-state index is 0.101. The average molecular weight is 410 g/mol. The second-order valence-corrected chi connectivity index (χ2v) is 7.57. The van der Waals surface area contributed by atoms with E-state index in [0.717, 1.165) is 4.90 Å². The van der Waals surface area contributed by atoms with E-state index in [1.165, 1.54) is 23.9 Å². The van der Waals surface area contributed by atoms with Crippen molar-refractivity contribution in [3.05, 3.63) is 53.6 Å². The number of alkyl halides is 3. The summed E-state index contributed by atoms with van der Waals surface area (Å²) >= 11 is 1.43. The Balaban J connectivity index is 1.57. The van der Waals surface area contributed by atoms with Crippen LogP contribution in [-0.2, 0) is 11.3 Å². The van der Waals surface area contributed by atoms with Crippen LogP contribution in [0.25, 0.3) is 0 Å². The van der Waals surface area contributed by atoms with E-state index in [4.69, 9.17) is 0 Å². The lowest BCUT2D eigenvalue weighted by molar-refractivity contribution is -0.153. The van der Waals surface area contributed by atoms with E-state index >= 15 is 0 Å². The number of carbonyl (C=O) groups is 2. The first-order chi connectivity index (χ1) is 13.2. The summed E-state index contributed by atoms with van der Waals surface area (Å²) in [5.41, 5.74) is 1.72. The lowest BCUT2D eigenvalue weighted by Crippen LogP contribution is -2.27. The topological polar surface area (TPSA) is 67.4 Å². The molecule has 28 heavy (non-hydrogen) atoms. The lowest BCUT2D eigenvalue weighted by atomic mass is 10.1. The van der Waals surface area contributed by atoms with Gasteiger partial charge in [-0.1, -0.05) is 12.1 Å². The second kappa shape index (κ2) is 8.14. The molecular weight excluding hydrogens is 393 g/mol. The molecule has 1 heterocycles. The number of rotatable bonds is 5. The van der Waals surface area contributed by atoms with Crippen molar-refractivity contribution < 1.29 is 27.5 Å². The quantitative estimate of drug-likeness (QED) is 0.782. The van der Waals surface area contributed by atoms with E-state index in [1.54, 1.807) is 30.3 Å². The van der Waals surface area contributed by atoms with Gasteiger partial charge in [0, 0.05) is 17.0 Å². The third-order valence-corrected chi connectivity index (χ3v) is 5.13. The molecule has 2 N–H and O–H groups in total. The van der Waals surface area contributed by atoms with Crippen LogP contribution in [0.15, 0.2) is 47.4 Å². The van der Waals surface area contributed by atoms with Gasteiger partial charge in [-0.15, -0.1) is 11.8 Å². The molecule has 5 nitrogen and oxygen atoms in total. The van der Waals surface area contributed by atoms with E-state index in [9.17, 15) is 22.8 Å². The maximum absolute atomic E-state index is 12.3. The van der Waals surface area contributed by atoms with Crippen molar-refractivity contribution in [3.8, 4) is 5.75 Å². The van der Waals surface area contributed by atoms with Crippen LogP contribution in [0.3, 0.4) is 0 Å². The number of fused-ring (bicyclic) bond motifs is 1. The molecule has 0 spiro atoms. The third kappa shape index (κ3) is 5.19. The summed E-state index contributed by atoms with van der Waals surface area (Å²) in [6.07, 6.45) is -4.39. The van der Waals surface area contributed by atoms with Crippen LogP contribution in [0.4, 0.5) is 18.9 Å². The number of carbonyl (C=O) groups excluding carboxylic acids is 2. The minimum Gasteiger partial charge on any atom is -0.484 e. The zero-order valence-corrected chi connectivity index (χ0v) is 15.6. The van der Waals surface area contributed by atoms with Crippen molar-refractivity contribution in [1.29, 1.82) is 0 Å². The molecule has 2 aromatic carbocycles. The Hall–Kier alpha value is -2.68. The smallest absolute Gasteiger partial charge is 0.422 e. The fraction of sp³-hybridized carbons (Fsp3) is 0.263. The van der Waals surface area contributed by atoms with Gasteiger partial charge in [-0.25, -0.2) is 0 Å². The fourth-order valence-electron chi connectivity index (χ4n) is 2.50. The predicted octanol–water partition coefficient (Wildman–Crippen LogP) is 3.99. The minimum atomic E-state index is -4.39. The number of hydrogen-bond acceptors (Lipinski definition) is 4. The van der Waals surface area contributed by atoms with E-state index in [1.807, 2.05) is 6.92 Å². The average Bonchev–Trinajstić information content (AvgIpc) is 2.65. The molecule has 0 radical (unpaired) electrons. The summed E-state index contributed by atoms with van der Waals surface area (Å²) < 4.78 is 41.1. The maximum Gasteiger partial charge on any atom is 0.422 e. The number of anilines is 1. The molecule has 0 fully saturated rings. The molecule has 148 valence electrons. The first kappa shape index (κ1) is 20.1. The zero-order valence-electron chi connectivity index (χ0n) is 14.8. The van der Waals surface area contributed by atoms with E-state index in [0.29, 0.717) is 16.8 Å². The Kier molecular flexibility index (Phi) is 5.83. The van der Waals surface area contributed by atoms with Crippen molar-refractivity contribution in [2.24, 2.45) is 0 Å². The first-order valence-electron chi connectivity index (χ1n) is 8.39. The van der Waals surface area contributed by atoms with Crippen molar-refractivity contribution in [3.63, 3.8) is 0 Å². The van der Waals surface area contributed by atoms with Crippen molar-refractivity contribution >= 4 is 29.3 Å². The molecule has 1 unspecified atom stereocenters. The Morgan fingerprint density at radius 3 is 2.61 bits per heavy atom. The van der Waals surface area contributed by atoms with Gasteiger partial charge in [0.1, 0.15) is 5.75 Å². The maximum atomic E-state index is 12.3. The van der Waals surface area contributed by atoms with Crippen molar-refractivity contribution in [1.82, 2.24) is 5.32 Å². The standard InChI is InChI=1S/C19H17F3N2O3S/c1-11-17(25)24-15-8-13(4-7-16(15)28-11)18(26)23-9-12-2-5-14(6-3-12)27-10-19(20,21)22/h2-8,11H,9-10H2,1H3,(H,23,26)(H,24,25). The molecular formula is C19H17F3N2O3S. The predicted molar refractivity (Wildman–Crippen MR) is 99.6 cm³/mol. The number of ether oxygens (including phenoxy) is 1. The lowest BCUT2D eigenvalue weighted by Gasteiger charge is -2.21. The van der Waals surface area contributed by atoms with Crippen LogP contribution in [0.1, 0.15) is 22.8 Å². The van der Waals surface area contributed by atoms with Gasteiger partial charge in [0.25, 0.3) is 5.91 Å². The number of halogens is 3. The van der Waals surface area contributed by atoms with Gasteiger partial charge in [0.2, 0.25) is 5.91 Å². The Labute approximate surface area is 163 Å². The highest BCUT2D eigenvalue weighted by atomic mass is 32.2. The van der Waals surface area contributed by atoms with Crippen molar-refractivity contribution in [2.45, 2.75) is 29.8 Å². The summed E-state index contributed by atoms with van der Waals surface area (Å²) in [4.78, 5) is 25.0. The largest absolute Gasteiger partial charge is 0.484 e. The highest BCUT2D eigenvalue weighted by Gasteiger charge is 2.28. The van der Waals surface area contributed by atoms with Gasteiger partial charge >= 0.3 is 6.18 Å². The summed E-state index contributed by atoms with van der Waals surface area (Å²) in [5.74, 6) is -0.328. The molecule has 2 amide bonds. The van der Waals surface area contributed by atoms with Gasteiger partial charge < -0.3 is 15.4 Å². The number of nitrogens with one attached hydrogen (secondary N) is 2. The molecule has 0 bridgehead atoms. The first-order valence-corrected chi connectivity index (χ1v) is 9.27. The van der Waals surface area contributed by atoms with Gasteiger partial charge in [0.15, 0.2) is 6.61 Å². The van der Waals surface area contributed by atoms with Gasteiger partial charge in [-0.2, -0.15) is 13.2 Å². The SMILES string of the molecule is CC1Sc2ccc(C(=O)NCc3ccc(OCC(F)(F)F)cc3)cc2NC1=O. The summed E-state index contributed by atoms with van der Waals surface area (Å²) in [6, 6.07) is 11.1. The molecule has 0 aromatic heterocycles. The summed E-state index contributed by atoms with van der Waals surface area (Å²) in [5, 5.41) is 5.33. The van der Waals surface area contributed by atoms with Crippen LogP contribution in [0.5, 0.6) is 5.75 Å². The van der Waals surface area contributed by atoms with Gasteiger partial charge in [0.05, 0.1) is 10.9 Å². The number of hydrogen-bond donors (Lipinski definition) is 2. The van der Waals surface area contributed by atoms with Crippen LogP contribution >= 0.6 is 11.8 Å². The van der Waals surface area contributed by atoms with E-state index < -0.39 is 12.8 Å². The summed E-state index contributed by atoms with van der Waals surface area (Å²) in [7, 11) is 0. The molecule has 3 rings (SSSR count). The van der Waals surface area contributed by atoms with E-state index in [2.05, 4.69) is 15.4 Å². The number of benzene rings is 2. The number of amides is 2. The van der Waals surface area contributed by atoms with Gasteiger partial charge in [-0.05, 0) is 42.8 Å². The molecule has 9 heteroatoms. The van der Waals surface area contributed by atoms with Crippen LogP contribution in [-0.4, -0.2) is 29.8 Å². The van der Waals surface area contributed by atoms with Crippen LogP contribution in [0.2, 0.25) is 0 Å². The normalized spacial score (nSPS) is 16.1. The third-order valence-electron chi connectivity index (χ3n) is 3.95. The fourth-order valence-corrected chi connectivity index (χ4v) is 3.43. The number of thioether (sulfide) groups is 1. The van der Waals surface area contributed by atoms with E-state index in [-0.39, 0.29) is 29.4 Å². The summed E-state index contributed by atoms with van der Waals surface area (Å²) in [6.45, 7) is 0.658. The highest BCUT2D eigenvalue weighted by molar-refractivity contribution is 8.00. The molecule has 0 saturated heterocycles. The molecule has 1 aliphatic rings. The van der Waals surface area contributed by atoms with Gasteiger partial charge in [-0.3, -0.25) is 9.59 Å². The highest BCUT2D eigenvalue weighted by Crippen LogP contribution is 2.35. The van der Waals surface area contributed by atoms with Crippen LogP contribution in [0, 0.1) is 0 Å². The molecule has 0 aliphatic carbocycles. The Morgan fingerprint density at radius 1 is 1.21 bits per heavy atom.